The van der Waals surface area contributed by atoms with Crippen molar-refractivity contribution in [1.29, 1.82) is 5.26 Å². The summed E-state index contributed by atoms with van der Waals surface area (Å²) in [7, 11) is 0. The molecule has 114 valence electrons. The molecule has 0 bridgehead atoms. The molecule has 0 saturated heterocycles. The molecule has 3 aromatic carbocycles. The van der Waals surface area contributed by atoms with Crippen molar-refractivity contribution in [2.24, 2.45) is 0 Å². The second-order valence-electron chi connectivity index (χ2n) is 5.78. The van der Waals surface area contributed by atoms with Gasteiger partial charge in [-0.25, -0.2) is 0 Å². The zero-order valence-electron chi connectivity index (χ0n) is 13.1. The second-order valence-corrected chi connectivity index (χ2v) is 5.78. The van der Waals surface area contributed by atoms with Crippen LogP contribution in [-0.2, 0) is 0 Å². The van der Waals surface area contributed by atoms with Gasteiger partial charge >= 0.3 is 0 Å². The molecule has 0 amide bonds. The van der Waals surface area contributed by atoms with Crippen LogP contribution >= 0.6 is 0 Å². The Balaban J connectivity index is 1.95. The first-order valence-corrected chi connectivity index (χ1v) is 7.98. The van der Waals surface area contributed by atoms with Crippen LogP contribution in [0.2, 0.25) is 0 Å². The van der Waals surface area contributed by atoms with E-state index in [1.807, 2.05) is 60.7 Å². The van der Waals surface area contributed by atoms with Crippen molar-refractivity contribution >= 4 is 10.9 Å². The van der Waals surface area contributed by atoms with Crippen LogP contribution in [0.15, 0.2) is 91.1 Å². The molecule has 4 rings (SSSR count). The van der Waals surface area contributed by atoms with Gasteiger partial charge in [-0.2, -0.15) is 5.26 Å². The highest BCUT2D eigenvalue weighted by molar-refractivity contribution is 5.87. The van der Waals surface area contributed by atoms with E-state index in [1.165, 1.54) is 0 Å². The lowest BCUT2D eigenvalue weighted by molar-refractivity contribution is 1.02. The van der Waals surface area contributed by atoms with Crippen LogP contribution in [0, 0.1) is 11.3 Å². The topological polar surface area (TPSA) is 28.7 Å². The standard InChI is InChI=1S/C22H16N2/c23-15-20(17-9-3-1-4-10-17)21-16-24(18-11-5-2-6-12-18)22-14-8-7-13-19(21)22/h1-14,16,20H. The van der Waals surface area contributed by atoms with Crippen molar-refractivity contribution in [3.63, 3.8) is 0 Å². The predicted octanol–water partition coefficient (Wildman–Crippen LogP) is 5.29. The van der Waals surface area contributed by atoms with E-state index in [0.717, 1.165) is 27.7 Å². The summed E-state index contributed by atoms with van der Waals surface area (Å²) in [5, 5.41) is 10.9. The summed E-state index contributed by atoms with van der Waals surface area (Å²) in [6.45, 7) is 0. The lowest BCUT2D eigenvalue weighted by atomic mass is 9.92. The maximum Gasteiger partial charge on any atom is 0.0983 e. The van der Waals surface area contributed by atoms with E-state index in [-0.39, 0.29) is 5.92 Å². The highest BCUT2D eigenvalue weighted by Crippen LogP contribution is 2.33. The molecule has 2 nitrogen and oxygen atoms in total. The average Bonchev–Trinajstić information content (AvgIpc) is 3.04. The molecule has 1 aromatic heterocycles. The lowest BCUT2D eigenvalue weighted by Crippen LogP contribution is -1.97. The Hall–Kier alpha value is -3.31. The number of rotatable bonds is 3. The molecule has 2 heteroatoms. The van der Waals surface area contributed by atoms with Gasteiger partial charge in [-0.3, -0.25) is 0 Å². The number of hydrogen-bond donors (Lipinski definition) is 0. The van der Waals surface area contributed by atoms with E-state index in [1.54, 1.807) is 0 Å². The van der Waals surface area contributed by atoms with Gasteiger partial charge in [0.25, 0.3) is 0 Å². The highest BCUT2D eigenvalue weighted by Gasteiger charge is 2.19. The fourth-order valence-electron chi connectivity index (χ4n) is 3.21. The van der Waals surface area contributed by atoms with Gasteiger partial charge in [-0.1, -0.05) is 66.7 Å². The van der Waals surface area contributed by atoms with Crippen molar-refractivity contribution < 1.29 is 0 Å². The first-order valence-electron chi connectivity index (χ1n) is 7.98. The fourth-order valence-corrected chi connectivity index (χ4v) is 3.21. The number of para-hydroxylation sites is 2. The Bertz CT molecular complexity index is 1010. The van der Waals surface area contributed by atoms with E-state index >= 15 is 0 Å². The maximum absolute atomic E-state index is 9.81. The van der Waals surface area contributed by atoms with Crippen molar-refractivity contribution in [3.8, 4) is 11.8 Å². The number of fused-ring (bicyclic) bond motifs is 1. The van der Waals surface area contributed by atoms with Crippen LogP contribution in [0.3, 0.4) is 0 Å². The third kappa shape index (κ3) is 2.37. The number of hydrogen-bond acceptors (Lipinski definition) is 1. The van der Waals surface area contributed by atoms with Crippen LogP contribution in [0.1, 0.15) is 17.0 Å². The molecule has 0 aliphatic heterocycles. The SMILES string of the molecule is N#CC(c1ccccc1)c1cn(-c2ccccc2)c2ccccc12. The van der Waals surface area contributed by atoms with Gasteiger partial charge in [0.05, 0.1) is 17.5 Å². The average molecular weight is 308 g/mol. The Morgan fingerprint density at radius 2 is 1.38 bits per heavy atom. The number of nitrogens with zero attached hydrogens (tertiary/aromatic N) is 2. The van der Waals surface area contributed by atoms with Crippen LogP contribution in [0.25, 0.3) is 16.6 Å². The minimum absolute atomic E-state index is 0.277. The lowest BCUT2D eigenvalue weighted by Gasteiger charge is -2.08. The number of benzene rings is 3. The van der Waals surface area contributed by atoms with E-state index in [9.17, 15) is 5.26 Å². The van der Waals surface area contributed by atoms with Gasteiger partial charge in [-0.15, -0.1) is 0 Å². The summed E-state index contributed by atoms with van der Waals surface area (Å²) in [5.74, 6) is -0.277. The van der Waals surface area contributed by atoms with Crippen LogP contribution < -0.4 is 0 Å². The summed E-state index contributed by atoms with van der Waals surface area (Å²) in [4.78, 5) is 0. The maximum atomic E-state index is 9.81. The molecule has 0 spiro atoms. The third-order valence-electron chi connectivity index (χ3n) is 4.35. The molecule has 1 heterocycles. The minimum atomic E-state index is -0.277. The summed E-state index contributed by atoms with van der Waals surface area (Å²) < 4.78 is 2.16. The quantitative estimate of drug-likeness (QED) is 0.506. The first kappa shape index (κ1) is 14.3. The smallest absolute Gasteiger partial charge is 0.0983 e. The first-order chi connectivity index (χ1) is 11.9. The van der Waals surface area contributed by atoms with Gasteiger partial charge < -0.3 is 4.57 Å². The molecular formula is C22H16N2. The molecule has 1 unspecified atom stereocenters. The van der Waals surface area contributed by atoms with Crippen molar-refractivity contribution in [2.75, 3.05) is 0 Å². The van der Waals surface area contributed by atoms with Crippen LogP contribution in [0.4, 0.5) is 0 Å². The van der Waals surface area contributed by atoms with E-state index in [4.69, 9.17) is 0 Å². The molecule has 0 aliphatic rings. The predicted molar refractivity (Wildman–Crippen MR) is 97.2 cm³/mol. The van der Waals surface area contributed by atoms with Crippen LogP contribution in [0.5, 0.6) is 0 Å². The van der Waals surface area contributed by atoms with Crippen LogP contribution in [-0.4, -0.2) is 4.57 Å². The second kappa shape index (κ2) is 6.06. The summed E-state index contributed by atoms with van der Waals surface area (Å²) in [6, 6.07) is 31.0. The van der Waals surface area contributed by atoms with E-state index in [2.05, 4.69) is 41.1 Å². The molecule has 1 atom stereocenters. The zero-order valence-corrected chi connectivity index (χ0v) is 13.1. The highest BCUT2D eigenvalue weighted by atomic mass is 15.0. The van der Waals surface area contributed by atoms with E-state index < -0.39 is 0 Å². The Morgan fingerprint density at radius 3 is 2.08 bits per heavy atom. The molecule has 4 aromatic rings. The molecule has 0 N–H and O–H groups in total. The monoisotopic (exact) mass is 308 g/mol. The van der Waals surface area contributed by atoms with Crippen molar-refractivity contribution in [1.82, 2.24) is 4.57 Å². The zero-order chi connectivity index (χ0) is 16.4. The van der Waals surface area contributed by atoms with Gasteiger partial charge in [-0.05, 0) is 29.3 Å². The molecule has 0 saturated carbocycles. The number of nitriles is 1. The number of aromatic nitrogens is 1. The molecule has 0 fully saturated rings. The Labute approximate surface area is 141 Å². The fraction of sp³-hybridized carbons (Fsp3) is 0.0455. The minimum Gasteiger partial charge on any atom is -0.316 e. The van der Waals surface area contributed by atoms with Gasteiger partial charge in [0.15, 0.2) is 0 Å². The molecule has 0 radical (unpaired) electrons. The largest absolute Gasteiger partial charge is 0.316 e. The third-order valence-corrected chi connectivity index (χ3v) is 4.35. The Morgan fingerprint density at radius 1 is 0.750 bits per heavy atom. The molecular weight excluding hydrogens is 292 g/mol. The van der Waals surface area contributed by atoms with Crippen molar-refractivity contribution in [3.05, 3.63) is 102 Å². The van der Waals surface area contributed by atoms with E-state index in [0.29, 0.717) is 0 Å². The van der Waals surface area contributed by atoms with Gasteiger partial charge in [0.1, 0.15) is 0 Å². The summed E-state index contributed by atoms with van der Waals surface area (Å²) >= 11 is 0. The van der Waals surface area contributed by atoms with Crippen molar-refractivity contribution in [2.45, 2.75) is 5.92 Å². The van der Waals surface area contributed by atoms with Gasteiger partial charge in [0, 0.05) is 17.3 Å². The van der Waals surface area contributed by atoms with Gasteiger partial charge in [0.2, 0.25) is 0 Å². The Kier molecular flexibility index (Phi) is 3.61. The molecule has 24 heavy (non-hydrogen) atoms. The summed E-state index contributed by atoms with van der Waals surface area (Å²) in [5.41, 5.74) is 4.29. The summed E-state index contributed by atoms with van der Waals surface area (Å²) in [6.07, 6.45) is 2.10. The molecule has 0 aliphatic carbocycles. The normalized spacial score (nSPS) is 12.0.